The van der Waals surface area contributed by atoms with E-state index < -0.39 is 0 Å². The number of aromatic nitrogens is 1. The Hall–Kier alpha value is -2.92. The molecule has 2 aromatic carbocycles. The molecule has 4 aromatic rings. The molecule has 27 heavy (non-hydrogen) atoms. The average Bonchev–Trinajstić information content (AvgIpc) is 3.30. The number of carbonyl (C=O) groups excluding carboxylic acids is 1. The maximum absolute atomic E-state index is 13.1. The van der Waals surface area contributed by atoms with E-state index in [-0.39, 0.29) is 5.91 Å². The smallest absolute Gasteiger partial charge is 0.233 e. The van der Waals surface area contributed by atoms with Gasteiger partial charge in [0.1, 0.15) is 5.76 Å². The minimum absolute atomic E-state index is 0.00558. The van der Waals surface area contributed by atoms with Crippen molar-refractivity contribution in [2.24, 2.45) is 0 Å². The van der Waals surface area contributed by atoms with Gasteiger partial charge in [-0.05, 0) is 49.2 Å². The molecule has 0 N–H and O–H groups in total. The number of aryl methyl sites for hydroxylation is 2. The van der Waals surface area contributed by atoms with Crippen molar-refractivity contribution in [2.45, 2.75) is 26.8 Å². The quantitative estimate of drug-likeness (QED) is 0.476. The molecule has 0 aliphatic heterocycles. The van der Waals surface area contributed by atoms with Crippen molar-refractivity contribution in [2.75, 3.05) is 4.90 Å². The monoisotopic (exact) mass is 376 g/mol. The third-order valence-electron chi connectivity index (χ3n) is 4.43. The molecule has 0 fully saturated rings. The third-order valence-corrected chi connectivity index (χ3v) is 5.48. The minimum Gasteiger partial charge on any atom is -0.467 e. The van der Waals surface area contributed by atoms with E-state index in [1.54, 1.807) is 11.2 Å². The van der Waals surface area contributed by atoms with Gasteiger partial charge >= 0.3 is 0 Å². The van der Waals surface area contributed by atoms with Crippen molar-refractivity contribution in [3.05, 3.63) is 83.3 Å². The molecular weight excluding hydrogens is 356 g/mol. The van der Waals surface area contributed by atoms with Gasteiger partial charge in [-0.3, -0.25) is 9.69 Å². The molecule has 0 saturated heterocycles. The summed E-state index contributed by atoms with van der Waals surface area (Å²) in [5.74, 6) is 0.744. The van der Waals surface area contributed by atoms with E-state index in [0.29, 0.717) is 18.1 Å². The molecule has 0 unspecified atom stereocenters. The first-order chi connectivity index (χ1) is 13.1. The summed E-state index contributed by atoms with van der Waals surface area (Å²) in [6.45, 7) is 4.47. The maximum Gasteiger partial charge on any atom is 0.233 e. The second-order valence-corrected chi connectivity index (χ2v) is 7.70. The summed E-state index contributed by atoms with van der Waals surface area (Å²) in [6.07, 6.45) is 1.95. The number of thiazole rings is 1. The Bertz CT molecular complexity index is 1070. The van der Waals surface area contributed by atoms with Crippen LogP contribution in [0.15, 0.2) is 65.3 Å². The van der Waals surface area contributed by atoms with Gasteiger partial charge in [0.2, 0.25) is 5.91 Å². The van der Waals surface area contributed by atoms with Crippen LogP contribution < -0.4 is 4.90 Å². The highest BCUT2D eigenvalue weighted by Gasteiger charge is 2.21. The van der Waals surface area contributed by atoms with Crippen molar-refractivity contribution in [1.29, 1.82) is 0 Å². The molecule has 0 radical (unpaired) electrons. The number of amides is 1. The Labute approximate surface area is 162 Å². The third kappa shape index (κ3) is 3.93. The Morgan fingerprint density at radius 2 is 1.85 bits per heavy atom. The zero-order chi connectivity index (χ0) is 18.8. The van der Waals surface area contributed by atoms with Crippen molar-refractivity contribution >= 4 is 32.6 Å². The number of fused-ring (bicyclic) bond motifs is 1. The highest BCUT2D eigenvalue weighted by molar-refractivity contribution is 7.22. The fourth-order valence-corrected chi connectivity index (χ4v) is 4.01. The lowest BCUT2D eigenvalue weighted by atomic mass is 10.1. The summed E-state index contributed by atoms with van der Waals surface area (Å²) >= 11 is 1.54. The van der Waals surface area contributed by atoms with Gasteiger partial charge in [-0.15, -0.1) is 0 Å². The lowest BCUT2D eigenvalue weighted by Crippen LogP contribution is -2.31. The molecule has 4 nitrogen and oxygen atoms in total. The second-order valence-electron chi connectivity index (χ2n) is 6.69. The lowest BCUT2D eigenvalue weighted by molar-refractivity contribution is -0.118. The number of nitrogens with zero attached hydrogens (tertiary/aromatic N) is 2. The molecule has 0 saturated carbocycles. The molecular formula is C22H20N2O2S. The molecule has 2 heterocycles. The van der Waals surface area contributed by atoms with Crippen LogP contribution in [-0.2, 0) is 17.8 Å². The predicted octanol–water partition coefficient (Wildman–Crippen LogP) is 5.28. The maximum atomic E-state index is 13.1. The van der Waals surface area contributed by atoms with E-state index in [9.17, 15) is 4.79 Å². The summed E-state index contributed by atoms with van der Waals surface area (Å²) in [5, 5.41) is 0.698. The van der Waals surface area contributed by atoms with Gasteiger partial charge in [-0.1, -0.05) is 47.2 Å². The van der Waals surface area contributed by atoms with Crippen molar-refractivity contribution in [3.63, 3.8) is 0 Å². The van der Waals surface area contributed by atoms with E-state index >= 15 is 0 Å². The van der Waals surface area contributed by atoms with Crippen LogP contribution >= 0.6 is 11.3 Å². The predicted molar refractivity (Wildman–Crippen MR) is 109 cm³/mol. The van der Waals surface area contributed by atoms with Gasteiger partial charge in [-0.2, -0.15) is 0 Å². The van der Waals surface area contributed by atoms with Crippen LogP contribution in [0.4, 0.5) is 5.13 Å². The zero-order valence-electron chi connectivity index (χ0n) is 15.3. The number of anilines is 1. The van der Waals surface area contributed by atoms with Crippen LogP contribution in [0.25, 0.3) is 10.2 Å². The number of rotatable bonds is 5. The second kappa shape index (κ2) is 7.37. The first-order valence-corrected chi connectivity index (χ1v) is 9.65. The summed E-state index contributed by atoms with van der Waals surface area (Å²) in [6, 6.07) is 17.9. The van der Waals surface area contributed by atoms with E-state index in [2.05, 4.69) is 13.0 Å². The molecule has 0 aliphatic rings. The highest BCUT2D eigenvalue weighted by atomic mass is 32.1. The molecule has 0 atom stereocenters. The van der Waals surface area contributed by atoms with Gasteiger partial charge in [0.15, 0.2) is 5.13 Å². The lowest BCUT2D eigenvalue weighted by Gasteiger charge is -2.18. The van der Waals surface area contributed by atoms with Gasteiger partial charge in [-0.25, -0.2) is 4.98 Å². The Morgan fingerprint density at radius 1 is 1.07 bits per heavy atom. The van der Waals surface area contributed by atoms with E-state index in [0.717, 1.165) is 21.5 Å². The molecule has 0 bridgehead atoms. The van der Waals surface area contributed by atoms with Crippen molar-refractivity contribution < 1.29 is 9.21 Å². The van der Waals surface area contributed by atoms with E-state index in [1.807, 2.05) is 55.5 Å². The van der Waals surface area contributed by atoms with Gasteiger partial charge in [0.25, 0.3) is 0 Å². The Kier molecular flexibility index (Phi) is 4.77. The molecule has 1 amide bonds. The van der Waals surface area contributed by atoms with Crippen LogP contribution in [0, 0.1) is 13.8 Å². The molecule has 4 rings (SSSR count). The number of benzene rings is 2. The van der Waals surface area contributed by atoms with Gasteiger partial charge in [0.05, 0.1) is 29.4 Å². The standard InChI is InChI=1S/C22H20N2O2S/c1-15-5-8-17(9-6-15)13-21(25)24(14-18-4-3-11-26-18)22-23-19-10-7-16(2)12-20(19)27-22/h3-12H,13-14H2,1-2H3. The largest absolute Gasteiger partial charge is 0.467 e. The van der Waals surface area contributed by atoms with Crippen LogP contribution in [0.5, 0.6) is 0 Å². The normalized spacial score (nSPS) is 11.0. The van der Waals surface area contributed by atoms with Crippen LogP contribution in [0.3, 0.4) is 0 Å². The molecule has 0 spiro atoms. The zero-order valence-corrected chi connectivity index (χ0v) is 16.1. The average molecular weight is 376 g/mol. The SMILES string of the molecule is Cc1ccc(CC(=O)N(Cc2ccco2)c2nc3ccc(C)cc3s2)cc1. The van der Waals surface area contributed by atoms with Gasteiger partial charge in [0, 0.05) is 0 Å². The minimum atomic E-state index is 0.00558. The Balaban J connectivity index is 1.66. The molecule has 0 aliphatic carbocycles. The van der Waals surface area contributed by atoms with Gasteiger partial charge < -0.3 is 4.42 Å². The van der Waals surface area contributed by atoms with Crippen LogP contribution in [0.1, 0.15) is 22.5 Å². The fourth-order valence-electron chi connectivity index (χ4n) is 2.93. The number of hydrogen-bond acceptors (Lipinski definition) is 4. The first kappa shape index (κ1) is 17.5. The van der Waals surface area contributed by atoms with E-state index in [1.165, 1.54) is 22.5 Å². The topological polar surface area (TPSA) is 46.3 Å². The molecule has 5 heteroatoms. The first-order valence-electron chi connectivity index (χ1n) is 8.84. The van der Waals surface area contributed by atoms with E-state index in [4.69, 9.17) is 9.40 Å². The number of furan rings is 1. The summed E-state index contributed by atoms with van der Waals surface area (Å²) in [7, 11) is 0. The summed E-state index contributed by atoms with van der Waals surface area (Å²) in [4.78, 5) is 19.5. The van der Waals surface area contributed by atoms with Crippen molar-refractivity contribution in [3.8, 4) is 0 Å². The number of hydrogen-bond donors (Lipinski definition) is 0. The van der Waals surface area contributed by atoms with Crippen LogP contribution in [0.2, 0.25) is 0 Å². The van der Waals surface area contributed by atoms with Crippen LogP contribution in [-0.4, -0.2) is 10.9 Å². The molecule has 136 valence electrons. The highest BCUT2D eigenvalue weighted by Crippen LogP contribution is 2.31. The fraction of sp³-hybridized carbons (Fsp3) is 0.182. The summed E-state index contributed by atoms with van der Waals surface area (Å²) < 4.78 is 6.56. The number of carbonyl (C=O) groups is 1. The summed E-state index contributed by atoms with van der Waals surface area (Å²) in [5.41, 5.74) is 4.27. The molecule has 2 aromatic heterocycles. The van der Waals surface area contributed by atoms with Crippen molar-refractivity contribution in [1.82, 2.24) is 4.98 Å². The Morgan fingerprint density at radius 3 is 2.59 bits per heavy atom.